The van der Waals surface area contributed by atoms with Crippen molar-refractivity contribution in [3.8, 4) is 0 Å². The summed E-state index contributed by atoms with van der Waals surface area (Å²) in [6.07, 6.45) is 3.45. The van der Waals surface area contributed by atoms with Crippen LogP contribution in [0.25, 0.3) is 0 Å². The van der Waals surface area contributed by atoms with Crippen LogP contribution < -0.4 is 5.73 Å². The van der Waals surface area contributed by atoms with E-state index in [1.807, 2.05) is 12.1 Å². The predicted octanol–water partition coefficient (Wildman–Crippen LogP) is 2.57. The third kappa shape index (κ3) is 2.90. The van der Waals surface area contributed by atoms with Gasteiger partial charge in [0, 0.05) is 18.1 Å². The zero-order valence-corrected chi connectivity index (χ0v) is 11.3. The van der Waals surface area contributed by atoms with Gasteiger partial charge in [0.1, 0.15) is 5.82 Å². The van der Waals surface area contributed by atoms with Crippen LogP contribution in [0.3, 0.4) is 0 Å². The van der Waals surface area contributed by atoms with Crippen LogP contribution in [0.4, 0.5) is 4.39 Å². The Bertz CT molecular complexity index is 386. The molecule has 1 atom stereocenters. The number of nitrogens with two attached hydrogens (primary N) is 1. The quantitative estimate of drug-likeness (QED) is 0.841. The maximum Gasteiger partial charge on any atom is 0.123 e. The summed E-state index contributed by atoms with van der Waals surface area (Å²) in [4.78, 5) is 2.51. The van der Waals surface area contributed by atoms with Crippen molar-refractivity contribution in [1.29, 1.82) is 0 Å². The molecule has 1 aliphatic carbocycles. The van der Waals surface area contributed by atoms with Crippen LogP contribution in [-0.4, -0.2) is 29.6 Å². The van der Waals surface area contributed by atoms with E-state index in [2.05, 4.69) is 18.7 Å². The van der Waals surface area contributed by atoms with Crippen LogP contribution in [0.5, 0.6) is 0 Å². The summed E-state index contributed by atoms with van der Waals surface area (Å²) in [5, 5.41) is 0. The Labute approximate surface area is 109 Å². The SMILES string of the molecule is CCN(C1CC1)C(C)(CN)Cc1ccc(F)cc1. The summed E-state index contributed by atoms with van der Waals surface area (Å²) in [6, 6.07) is 7.48. The average molecular weight is 250 g/mol. The highest BCUT2D eigenvalue weighted by atomic mass is 19.1. The fraction of sp³-hybridized carbons (Fsp3) is 0.600. The number of nitrogens with zero attached hydrogens (tertiary/aromatic N) is 1. The van der Waals surface area contributed by atoms with E-state index in [9.17, 15) is 4.39 Å². The Kier molecular flexibility index (Phi) is 4.03. The van der Waals surface area contributed by atoms with Crippen molar-refractivity contribution in [1.82, 2.24) is 4.90 Å². The third-order valence-electron chi connectivity index (χ3n) is 3.96. The molecule has 0 spiro atoms. The standard InChI is InChI=1S/C15H23FN2/c1-3-18(14-8-9-14)15(2,11-17)10-12-4-6-13(16)7-5-12/h4-7,14H,3,8-11,17H2,1-2H3. The second-order valence-corrected chi connectivity index (χ2v) is 5.52. The van der Waals surface area contributed by atoms with Crippen LogP contribution in [0.15, 0.2) is 24.3 Å². The van der Waals surface area contributed by atoms with Crippen molar-refractivity contribution in [2.45, 2.75) is 44.7 Å². The molecule has 0 bridgehead atoms. The molecule has 0 radical (unpaired) electrons. The van der Waals surface area contributed by atoms with Crippen molar-refractivity contribution in [2.24, 2.45) is 5.73 Å². The van der Waals surface area contributed by atoms with Crippen molar-refractivity contribution in [3.05, 3.63) is 35.6 Å². The average Bonchev–Trinajstić information content (AvgIpc) is 3.17. The monoisotopic (exact) mass is 250 g/mol. The second kappa shape index (κ2) is 5.37. The van der Waals surface area contributed by atoms with E-state index in [0.717, 1.165) is 18.5 Å². The van der Waals surface area contributed by atoms with E-state index in [1.54, 1.807) is 0 Å². The molecule has 0 heterocycles. The third-order valence-corrected chi connectivity index (χ3v) is 3.96. The van der Waals surface area contributed by atoms with Gasteiger partial charge < -0.3 is 5.73 Å². The maximum absolute atomic E-state index is 12.9. The lowest BCUT2D eigenvalue weighted by atomic mass is 9.90. The van der Waals surface area contributed by atoms with E-state index >= 15 is 0 Å². The minimum atomic E-state index is -0.178. The van der Waals surface area contributed by atoms with Crippen LogP contribution in [0.2, 0.25) is 0 Å². The molecule has 0 amide bonds. The minimum absolute atomic E-state index is 0.0201. The Hall–Kier alpha value is -0.930. The summed E-state index contributed by atoms with van der Waals surface area (Å²) < 4.78 is 12.9. The first-order valence-electron chi connectivity index (χ1n) is 6.80. The van der Waals surface area contributed by atoms with Crippen LogP contribution in [0, 0.1) is 5.82 Å². The van der Waals surface area contributed by atoms with Crippen molar-refractivity contribution >= 4 is 0 Å². The number of halogens is 1. The summed E-state index contributed by atoms with van der Waals surface area (Å²) in [6.45, 7) is 6.07. The van der Waals surface area contributed by atoms with Gasteiger partial charge in [0.2, 0.25) is 0 Å². The van der Waals surface area contributed by atoms with Crippen LogP contribution >= 0.6 is 0 Å². The normalized spacial score (nSPS) is 18.9. The van der Waals surface area contributed by atoms with Crippen molar-refractivity contribution in [3.63, 3.8) is 0 Å². The first-order valence-corrected chi connectivity index (χ1v) is 6.80. The van der Waals surface area contributed by atoms with Gasteiger partial charge in [-0.15, -0.1) is 0 Å². The van der Waals surface area contributed by atoms with Crippen LogP contribution in [0.1, 0.15) is 32.3 Å². The fourth-order valence-electron chi connectivity index (χ4n) is 2.80. The lowest BCUT2D eigenvalue weighted by Gasteiger charge is -2.40. The van der Waals surface area contributed by atoms with Gasteiger partial charge in [-0.25, -0.2) is 4.39 Å². The molecule has 1 aromatic rings. The number of likely N-dealkylation sites (N-methyl/N-ethyl adjacent to an activating group) is 1. The summed E-state index contributed by atoms with van der Waals surface area (Å²) in [5.41, 5.74) is 7.15. The highest BCUT2D eigenvalue weighted by Crippen LogP contribution is 2.33. The van der Waals surface area contributed by atoms with E-state index in [-0.39, 0.29) is 11.4 Å². The number of rotatable bonds is 6. The molecular weight excluding hydrogens is 227 g/mol. The summed E-state index contributed by atoms with van der Waals surface area (Å²) >= 11 is 0. The minimum Gasteiger partial charge on any atom is -0.329 e. The van der Waals surface area contributed by atoms with Gasteiger partial charge in [-0.05, 0) is 50.4 Å². The zero-order valence-electron chi connectivity index (χ0n) is 11.3. The van der Waals surface area contributed by atoms with Crippen LogP contribution in [-0.2, 0) is 6.42 Å². The second-order valence-electron chi connectivity index (χ2n) is 5.52. The zero-order chi connectivity index (χ0) is 13.2. The molecule has 3 heteroatoms. The van der Waals surface area contributed by atoms with Gasteiger partial charge in [-0.3, -0.25) is 4.90 Å². The Balaban J connectivity index is 2.13. The number of hydrogen-bond donors (Lipinski definition) is 1. The van der Waals surface area contributed by atoms with E-state index < -0.39 is 0 Å². The Morgan fingerprint density at radius 2 is 1.94 bits per heavy atom. The van der Waals surface area contributed by atoms with Gasteiger partial charge in [-0.2, -0.15) is 0 Å². The Morgan fingerprint density at radius 3 is 2.39 bits per heavy atom. The molecule has 2 N–H and O–H groups in total. The molecule has 18 heavy (non-hydrogen) atoms. The summed E-state index contributed by atoms with van der Waals surface area (Å²) in [5.74, 6) is -0.178. The largest absolute Gasteiger partial charge is 0.329 e. The van der Waals surface area contributed by atoms with Crippen molar-refractivity contribution < 1.29 is 4.39 Å². The lowest BCUT2D eigenvalue weighted by molar-refractivity contribution is 0.107. The van der Waals surface area contributed by atoms with Gasteiger partial charge in [0.25, 0.3) is 0 Å². The fourth-order valence-corrected chi connectivity index (χ4v) is 2.80. The van der Waals surface area contributed by atoms with Gasteiger partial charge in [-0.1, -0.05) is 19.1 Å². The highest BCUT2D eigenvalue weighted by molar-refractivity contribution is 5.19. The molecule has 1 fully saturated rings. The van der Waals surface area contributed by atoms with E-state index in [0.29, 0.717) is 12.6 Å². The number of hydrogen-bond acceptors (Lipinski definition) is 2. The summed E-state index contributed by atoms with van der Waals surface area (Å²) in [7, 11) is 0. The van der Waals surface area contributed by atoms with Gasteiger partial charge >= 0.3 is 0 Å². The molecule has 2 nitrogen and oxygen atoms in total. The number of benzene rings is 1. The van der Waals surface area contributed by atoms with E-state index in [4.69, 9.17) is 5.73 Å². The molecule has 1 unspecified atom stereocenters. The van der Waals surface area contributed by atoms with E-state index in [1.165, 1.54) is 25.0 Å². The first kappa shape index (κ1) is 13.5. The van der Waals surface area contributed by atoms with Crippen molar-refractivity contribution in [2.75, 3.05) is 13.1 Å². The molecule has 2 rings (SSSR count). The molecule has 1 aromatic carbocycles. The lowest BCUT2D eigenvalue weighted by Crippen LogP contribution is -2.54. The maximum atomic E-state index is 12.9. The predicted molar refractivity (Wildman–Crippen MR) is 73.0 cm³/mol. The molecule has 0 saturated heterocycles. The Morgan fingerprint density at radius 1 is 1.33 bits per heavy atom. The molecule has 100 valence electrons. The molecular formula is C15H23FN2. The topological polar surface area (TPSA) is 29.3 Å². The molecule has 0 aliphatic heterocycles. The molecule has 1 aliphatic rings. The molecule has 1 saturated carbocycles. The first-order chi connectivity index (χ1) is 8.59. The highest BCUT2D eigenvalue weighted by Gasteiger charge is 2.39. The van der Waals surface area contributed by atoms with Gasteiger partial charge in [0.15, 0.2) is 0 Å². The smallest absolute Gasteiger partial charge is 0.123 e. The van der Waals surface area contributed by atoms with Gasteiger partial charge in [0.05, 0.1) is 0 Å². The molecule has 0 aromatic heterocycles.